The number of rotatable bonds is 10. The average molecular weight is 671 g/mol. The summed E-state index contributed by atoms with van der Waals surface area (Å²) in [5, 5.41) is 12.7. The Morgan fingerprint density at radius 1 is 1.05 bits per heavy atom. The lowest BCUT2D eigenvalue weighted by Crippen LogP contribution is -2.53. The number of ether oxygens (including phenoxy) is 3. The molecule has 1 aromatic heterocycles. The molecule has 2 N–H and O–H groups in total. The molecule has 0 unspecified atom stereocenters. The van der Waals surface area contributed by atoms with Crippen LogP contribution < -0.4 is 25.5 Å². The third kappa shape index (κ3) is 6.42. The first-order valence-corrected chi connectivity index (χ1v) is 14.8. The zero-order valence-electron chi connectivity index (χ0n) is 22.5. The summed E-state index contributed by atoms with van der Waals surface area (Å²) in [7, 11) is -2.60. The number of benzene rings is 3. The zero-order chi connectivity index (χ0) is 31.8. The number of methoxy groups -OCH3 is 1. The summed E-state index contributed by atoms with van der Waals surface area (Å²) in [4.78, 5) is 25.4. The standard InChI is InChI=1S/C27H22Cl2F2N4O8S/c1-41-17-4-2-14(3-5-17)13-42-21-7-6-18(10-22(21)44(39,40)34-11-16(36)12-34)43-24-19(28)8-15(9-20(24)29)35-27(38)32-26(37)23(33-35)25(30)31/h2-10,16,25,36H,11-13H2,1H3,(H,32,37,38). The van der Waals surface area contributed by atoms with Crippen LogP contribution in [0.25, 0.3) is 5.69 Å². The van der Waals surface area contributed by atoms with Crippen LogP contribution in [0.5, 0.6) is 23.0 Å². The van der Waals surface area contributed by atoms with Gasteiger partial charge in [0.1, 0.15) is 28.8 Å². The summed E-state index contributed by atoms with van der Waals surface area (Å²) in [6, 6.07) is 13.2. The molecule has 5 rings (SSSR count). The number of H-pyrrole nitrogens is 1. The van der Waals surface area contributed by atoms with Gasteiger partial charge in [0.2, 0.25) is 10.0 Å². The molecule has 0 saturated carbocycles. The molecule has 1 fully saturated rings. The summed E-state index contributed by atoms with van der Waals surface area (Å²) in [6.45, 7) is -0.175. The number of aliphatic hydroxyl groups is 1. The van der Waals surface area contributed by atoms with Crippen molar-refractivity contribution in [3.63, 3.8) is 0 Å². The minimum atomic E-state index is -4.13. The molecule has 232 valence electrons. The molecular weight excluding hydrogens is 649 g/mol. The molecule has 44 heavy (non-hydrogen) atoms. The first-order chi connectivity index (χ1) is 20.9. The Morgan fingerprint density at radius 2 is 1.68 bits per heavy atom. The highest BCUT2D eigenvalue weighted by molar-refractivity contribution is 7.89. The maximum Gasteiger partial charge on any atom is 0.349 e. The van der Waals surface area contributed by atoms with E-state index in [-0.39, 0.29) is 57.6 Å². The molecule has 0 radical (unpaired) electrons. The Balaban J connectivity index is 1.47. The van der Waals surface area contributed by atoms with Crippen LogP contribution in [0.4, 0.5) is 8.78 Å². The molecule has 1 aliphatic rings. The molecule has 0 spiro atoms. The number of hydrogen-bond donors (Lipinski definition) is 2. The Bertz CT molecular complexity index is 1910. The number of aromatic amines is 1. The fourth-order valence-electron chi connectivity index (χ4n) is 4.12. The minimum absolute atomic E-state index is 0.0143. The number of nitrogens with one attached hydrogen (secondary N) is 1. The van der Waals surface area contributed by atoms with Gasteiger partial charge in [-0.25, -0.2) is 22.0 Å². The number of sulfonamides is 1. The monoisotopic (exact) mass is 670 g/mol. The summed E-state index contributed by atoms with van der Waals surface area (Å²) < 4.78 is 71.6. The Morgan fingerprint density at radius 3 is 2.27 bits per heavy atom. The Labute approximate surface area is 258 Å². The van der Waals surface area contributed by atoms with E-state index in [0.717, 1.165) is 22.0 Å². The van der Waals surface area contributed by atoms with Gasteiger partial charge in [-0.1, -0.05) is 35.3 Å². The molecule has 0 bridgehead atoms. The van der Waals surface area contributed by atoms with Crippen LogP contribution >= 0.6 is 23.2 Å². The molecule has 1 saturated heterocycles. The molecule has 12 nitrogen and oxygen atoms in total. The van der Waals surface area contributed by atoms with E-state index in [4.69, 9.17) is 37.4 Å². The van der Waals surface area contributed by atoms with E-state index < -0.39 is 39.5 Å². The second kappa shape index (κ2) is 12.5. The smallest absolute Gasteiger partial charge is 0.349 e. The first kappa shape index (κ1) is 31.4. The van der Waals surface area contributed by atoms with Gasteiger partial charge in [-0.2, -0.15) is 14.1 Å². The largest absolute Gasteiger partial charge is 0.497 e. The molecule has 2 heterocycles. The normalized spacial score (nSPS) is 14.0. The summed E-state index contributed by atoms with van der Waals surface area (Å²) in [5.74, 6) is 0.483. The van der Waals surface area contributed by atoms with Gasteiger partial charge in [-0.15, -0.1) is 0 Å². The van der Waals surface area contributed by atoms with Crippen molar-refractivity contribution in [1.29, 1.82) is 0 Å². The van der Waals surface area contributed by atoms with Crippen LogP contribution in [0.3, 0.4) is 0 Å². The fraction of sp³-hybridized carbons (Fsp3) is 0.222. The number of aliphatic hydroxyl groups excluding tert-OH is 1. The van der Waals surface area contributed by atoms with Crippen molar-refractivity contribution in [1.82, 2.24) is 19.1 Å². The predicted octanol–water partition coefficient (Wildman–Crippen LogP) is 3.91. The van der Waals surface area contributed by atoms with E-state index in [0.29, 0.717) is 10.4 Å². The van der Waals surface area contributed by atoms with Crippen molar-refractivity contribution in [2.24, 2.45) is 0 Å². The highest BCUT2D eigenvalue weighted by atomic mass is 35.5. The Kier molecular flexibility index (Phi) is 8.95. The Hall–Kier alpha value is -4.02. The van der Waals surface area contributed by atoms with Crippen molar-refractivity contribution < 1.29 is 36.5 Å². The molecule has 0 amide bonds. The SMILES string of the molecule is COc1ccc(COc2ccc(Oc3c(Cl)cc(-n4nc(C(F)F)c(=O)[nH]c4=O)cc3Cl)cc2S(=O)(=O)N2CC(O)C2)cc1. The lowest BCUT2D eigenvalue weighted by atomic mass is 10.2. The lowest BCUT2D eigenvalue weighted by Gasteiger charge is -2.34. The fourth-order valence-corrected chi connectivity index (χ4v) is 6.34. The molecule has 4 aromatic rings. The molecule has 0 atom stereocenters. The van der Waals surface area contributed by atoms with Gasteiger partial charge < -0.3 is 19.3 Å². The zero-order valence-corrected chi connectivity index (χ0v) is 24.9. The van der Waals surface area contributed by atoms with Crippen molar-refractivity contribution >= 4 is 33.2 Å². The highest BCUT2D eigenvalue weighted by Gasteiger charge is 2.37. The van der Waals surface area contributed by atoms with E-state index in [2.05, 4.69) is 5.10 Å². The number of β-amino-alcohol motifs (C(OH)–C–C–N with tert-alkyl or cyclic N) is 1. The average Bonchev–Trinajstić information content (AvgIpc) is 2.96. The van der Waals surface area contributed by atoms with Gasteiger partial charge in [0.25, 0.3) is 12.0 Å². The second-order valence-electron chi connectivity index (χ2n) is 9.42. The number of halogens is 4. The van der Waals surface area contributed by atoms with Crippen molar-refractivity contribution in [2.75, 3.05) is 20.2 Å². The third-order valence-electron chi connectivity index (χ3n) is 6.42. The van der Waals surface area contributed by atoms with E-state index in [9.17, 15) is 31.9 Å². The maximum absolute atomic E-state index is 13.4. The van der Waals surface area contributed by atoms with Crippen molar-refractivity contribution in [3.05, 3.63) is 96.7 Å². The van der Waals surface area contributed by atoms with Gasteiger partial charge >= 0.3 is 5.69 Å². The quantitative estimate of drug-likeness (QED) is 0.256. The molecular formula is C27H22Cl2F2N4O8S. The van der Waals surface area contributed by atoms with Crippen molar-refractivity contribution in [2.45, 2.75) is 24.0 Å². The third-order valence-corrected chi connectivity index (χ3v) is 8.84. The number of alkyl halides is 2. The van der Waals surface area contributed by atoms with Crippen molar-refractivity contribution in [3.8, 4) is 28.7 Å². The van der Waals surface area contributed by atoms with Crippen LogP contribution in [0.2, 0.25) is 10.0 Å². The topological polar surface area (TPSA) is 153 Å². The van der Waals surface area contributed by atoms with Gasteiger partial charge in [0.05, 0.1) is 28.9 Å². The van der Waals surface area contributed by atoms with Crippen LogP contribution in [-0.4, -0.2) is 58.9 Å². The van der Waals surface area contributed by atoms with Crippen LogP contribution in [-0.2, 0) is 16.6 Å². The van der Waals surface area contributed by atoms with E-state index in [1.54, 1.807) is 29.2 Å². The summed E-state index contributed by atoms with van der Waals surface area (Å²) >= 11 is 12.7. The van der Waals surface area contributed by atoms with Crippen LogP contribution in [0, 0.1) is 0 Å². The minimum Gasteiger partial charge on any atom is -0.497 e. The second-order valence-corrected chi connectivity index (χ2v) is 12.1. The molecule has 1 aliphatic heterocycles. The number of aromatic nitrogens is 3. The van der Waals surface area contributed by atoms with Crippen LogP contribution in [0.15, 0.2) is 69.1 Å². The molecule has 3 aromatic carbocycles. The number of nitrogens with zero attached hydrogens (tertiary/aromatic N) is 3. The van der Waals surface area contributed by atoms with Crippen LogP contribution in [0.1, 0.15) is 17.7 Å². The van der Waals surface area contributed by atoms with E-state index in [1.807, 2.05) is 0 Å². The summed E-state index contributed by atoms with van der Waals surface area (Å²) in [5.41, 5.74) is -3.05. The molecule has 0 aliphatic carbocycles. The van der Waals surface area contributed by atoms with E-state index in [1.165, 1.54) is 25.3 Å². The van der Waals surface area contributed by atoms with Gasteiger partial charge in [0, 0.05) is 19.2 Å². The van der Waals surface area contributed by atoms with Gasteiger partial charge in [-0.05, 0) is 42.0 Å². The maximum atomic E-state index is 13.4. The van der Waals surface area contributed by atoms with Gasteiger partial charge in [-0.3, -0.25) is 9.78 Å². The lowest BCUT2D eigenvalue weighted by molar-refractivity contribution is 0.0546. The molecule has 17 heteroatoms. The highest BCUT2D eigenvalue weighted by Crippen LogP contribution is 2.40. The first-order valence-electron chi connectivity index (χ1n) is 12.6. The van der Waals surface area contributed by atoms with Gasteiger partial charge in [0.15, 0.2) is 11.4 Å². The number of hydrogen-bond acceptors (Lipinski definition) is 9. The van der Waals surface area contributed by atoms with E-state index >= 15 is 0 Å². The summed E-state index contributed by atoms with van der Waals surface area (Å²) in [6.07, 6.45) is -4.06. The predicted molar refractivity (Wildman–Crippen MR) is 154 cm³/mol.